The maximum Gasteiger partial charge on any atom is 0.250 e. The topological polar surface area (TPSA) is 61.4 Å². The van der Waals surface area contributed by atoms with E-state index in [1.54, 1.807) is 0 Å². The Hall–Kier alpha value is -2.37. The number of amides is 2. The van der Waals surface area contributed by atoms with Crippen molar-refractivity contribution in [1.82, 2.24) is 10.2 Å². The molecule has 3 unspecified atom stereocenters. The fourth-order valence-corrected chi connectivity index (χ4v) is 5.55. The molecular weight excluding hydrogens is 374 g/mol. The third kappa shape index (κ3) is 2.50. The van der Waals surface area contributed by atoms with E-state index >= 15 is 0 Å². The summed E-state index contributed by atoms with van der Waals surface area (Å²) in [6.45, 7) is 1.25. The molecule has 2 saturated heterocycles. The van der Waals surface area contributed by atoms with Crippen LogP contribution in [0, 0.1) is 5.92 Å². The van der Waals surface area contributed by atoms with E-state index < -0.39 is 11.5 Å². The molecule has 0 saturated carbocycles. The van der Waals surface area contributed by atoms with Crippen molar-refractivity contribution in [3.05, 3.63) is 64.7 Å². The lowest BCUT2D eigenvalue weighted by molar-refractivity contribution is -0.137. The third-order valence-corrected chi connectivity index (χ3v) is 6.68. The Bertz CT molecular complexity index is 962. The minimum atomic E-state index is -0.893. The van der Waals surface area contributed by atoms with Gasteiger partial charge in [0.1, 0.15) is 5.54 Å². The first-order valence-corrected chi connectivity index (χ1v) is 10.2. The third-order valence-electron chi connectivity index (χ3n) is 6.45. The second-order valence-corrected chi connectivity index (χ2v) is 8.33. The fourth-order valence-electron chi connectivity index (χ4n) is 5.34. The second-order valence-electron chi connectivity index (χ2n) is 7.89. The fraction of sp³-hybridized carbons (Fsp3) is 0.364. The molecule has 0 bridgehead atoms. The van der Waals surface area contributed by atoms with Crippen molar-refractivity contribution in [3.63, 3.8) is 0 Å². The normalized spacial score (nSPS) is 28.2. The highest BCUT2D eigenvalue weighted by Gasteiger charge is 2.65. The second kappa shape index (κ2) is 6.61. The highest BCUT2D eigenvalue weighted by atomic mass is 35.5. The van der Waals surface area contributed by atoms with E-state index in [0.717, 1.165) is 36.2 Å². The molecule has 5 rings (SSSR count). The van der Waals surface area contributed by atoms with E-state index in [1.807, 2.05) is 48.5 Å². The number of nitrogens with zero attached hydrogens (tertiary/aromatic N) is 1. The van der Waals surface area contributed by atoms with Crippen molar-refractivity contribution in [1.29, 1.82) is 0 Å². The number of carbonyl (C=O) groups is 2. The SMILES string of the molecule is O=C(NCc1cccc(Cl)c1)C1CC2CCCN2C12C(=O)Nc1ccccc12. The molecule has 0 aromatic heterocycles. The first-order valence-electron chi connectivity index (χ1n) is 9.80. The van der Waals surface area contributed by atoms with Crippen LogP contribution in [0.2, 0.25) is 5.02 Å². The lowest BCUT2D eigenvalue weighted by Crippen LogP contribution is -2.54. The molecule has 2 aromatic carbocycles. The highest BCUT2D eigenvalue weighted by Crippen LogP contribution is 2.55. The molecule has 0 radical (unpaired) electrons. The molecule has 2 fully saturated rings. The molecule has 2 aromatic rings. The maximum absolute atomic E-state index is 13.3. The zero-order chi connectivity index (χ0) is 19.3. The molecule has 6 heteroatoms. The van der Waals surface area contributed by atoms with Crippen molar-refractivity contribution in [2.24, 2.45) is 5.92 Å². The average Bonchev–Trinajstić information content (AvgIpc) is 3.34. The van der Waals surface area contributed by atoms with E-state index in [1.165, 1.54) is 0 Å². The van der Waals surface area contributed by atoms with Gasteiger partial charge in [-0.05, 0) is 49.6 Å². The number of hydrogen-bond donors (Lipinski definition) is 2. The Morgan fingerprint density at radius 3 is 2.96 bits per heavy atom. The van der Waals surface area contributed by atoms with Crippen LogP contribution in [-0.2, 0) is 21.7 Å². The molecule has 2 N–H and O–H groups in total. The van der Waals surface area contributed by atoms with Gasteiger partial charge in [-0.15, -0.1) is 0 Å². The molecule has 5 nitrogen and oxygen atoms in total. The lowest BCUT2D eigenvalue weighted by atomic mass is 9.78. The molecular formula is C22H22ClN3O2. The van der Waals surface area contributed by atoms with Gasteiger partial charge in [-0.1, -0.05) is 41.9 Å². The van der Waals surface area contributed by atoms with Crippen molar-refractivity contribution in [2.75, 3.05) is 11.9 Å². The van der Waals surface area contributed by atoms with Gasteiger partial charge in [-0.2, -0.15) is 0 Å². The summed E-state index contributed by atoms with van der Waals surface area (Å²) in [5.74, 6) is -0.539. The van der Waals surface area contributed by atoms with E-state index in [4.69, 9.17) is 11.6 Å². The standard InChI is InChI=1S/C22H22ClN3O2/c23-15-6-3-5-14(11-15)13-24-20(27)18-12-16-7-4-10-26(16)22(18)17-8-1-2-9-19(17)25-21(22)28/h1-3,5-6,8-9,11,16,18H,4,7,10,12-13H2,(H,24,27)(H,25,28). The number of para-hydroxylation sites is 1. The zero-order valence-electron chi connectivity index (χ0n) is 15.5. The maximum atomic E-state index is 13.3. The van der Waals surface area contributed by atoms with Crippen LogP contribution in [0.5, 0.6) is 0 Å². The van der Waals surface area contributed by atoms with E-state index in [-0.39, 0.29) is 17.9 Å². The van der Waals surface area contributed by atoms with E-state index in [2.05, 4.69) is 15.5 Å². The largest absolute Gasteiger partial charge is 0.352 e. The van der Waals surface area contributed by atoms with Gasteiger partial charge >= 0.3 is 0 Å². The zero-order valence-corrected chi connectivity index (χ0v) is 16.2. The first kappa shape index (κ1) is 17.7. The van der Waals surface area contributed by atoms with E-state index in [9.17, 15) is 9.59 Å². The van der Waals surface area contributed by atoms with Gasteiger partial charge in [-0.25, -0.2) is 0 Å². The number of rotatable bonds is 3. The number of halogens is 1. The van der Waals surface area contributed by atoms with Crippen molar-refractivity contribution < 1.29 is 9.59 Å². The summed E-state index contributed by atoms with van der Waals surface area (Å²) in [5, 5.41) is 6.73. The molecule has 3 heterocycles. The molecule has 28 heavy (non-hydrogen) atoms. The highest BCUT2D eigenvalue weighted by molar-refractivity contribution is 6.30. The molecule has 3 atom stereocenters. The lowest BCUT2D eigenvalue weighted by Gasteiger charge is -2.36. The summed E-state index contributed by atoms with van der Waals surface area (Å²) in [5.41, 5.74) is 1.82. The molecule has 144 valence electrons. The molecule has 3 aliphatic rings. The van der Waals surface area contributed by atoms with Crippen LogP contribution in [0.15, 0.2) is 48.5 Å². The quantitative estimate of drug-likeness (QED) is 0.838. The van der Waals surface area contributed by atoms with Crippen molar-refractivity contribution >= 4 is 29.1 Å². The minimum absolute atomic E-state index is 0.0683. The number of fused-ring (bicyclic) bond motifs is 4. The predicted molar refractivity (Wildman–Crippen MR) is 108 cm³/mol. The molecule has 3 aliphatic heterocycles. The van der Waals surface area contributed by atoms with Crippen LogP contribution >= 0.6 is 11.6 Å². The summed E-state index contributed by atoms with van der Waals surface area (Å²) in [4.78, 5) is 28.9. The Kier molecular flexibility index (Phi) is 4.18. The Morgan fingerprint density at radius 1 is 1.25 bits per heavy atom. The Labute approximate surface area is 169 Å². The number of hydrogen-bond acceptors (Lipinski definition) is 3. The first-order chi connectivity index (χ1) is 13.6. The summed E-state index contributed by atoms with van der Waals surface area (Å²) < 4.78 is 0. The van der Waals surface area contributed by atoms with Gasteiger partial charge in [0, 0.05) is 28.9 Å². The summed E-state index contributed by atoms with van der Waals surface area (Å²) in [6.07, 6.45) is 2.82. The molecule has 2 amide bonds. The van der Waals surface area contributed by atoms with Crippen molar-refractivity contribution in [3.8, 4) is 0 Å². The minimum Gasteiger partial charge on any atom is -0.352 e. The van der Waals surface area contributed by atoms with Crippen LogP contribution in [0.25, 0.3) is 0 Å². The average molecular weight is 396 g/mol. The van der Waals surface area contributed by atoms with Gasteiger partial charge in [0.2, 0.25) is 11.8 Å². The van der Waals surface area contributed by atoms with Gasteiger partial charge in [0.25, 0.3) is 0 Å². The number of carbonyl (C=O) groups excluding carboxylic acids is 2. The number of benzene rings is 2. The van der Waals surface area contributed by atoms with Crippen LogP contribution in [0.4, 0.5) is 5.69 Å². The predicted octanol–water partition coefficient (Wildman–Crippen LogP) is 3.29. The van der Waals surface area contributed by atoms with Gasteiger partial charge in [0.05, 0.1) is 5.92 Å². The van der Waals surface area contributed by atoms with E-state index in [0.29, 0.717) is 18.0 Å². The smallest absolute Gasteiger partial charge is 0.250 e. The monoisotopic (exact) mass is 395 g/mol. The Balaban J connectivity index is 1.48. The van der Waals surface area contributed by atoms with Gasteiger partial charge in [0.15, 0.2) is 0 Å². The Morgan fingerprint density at radius 2 is 2.11 bits per heavy atom. The van der Waals surface area contributed by atoms with Crippen molar-refractivity contribution in [2.45, 2.75) is 37.4 Å². The molecule has 1 spiro atoms. The van der Waals surface area contributed by atoms with Crippen LogP contribution in [0.1, 0.15) is 30.4 Å². The summed E-state index contributed by atoms with van der Waals surface area (Å²) in [7, 11) is 0. The summed E-state index contributed by atoms with van der Waals surface area (Å²) in [6, 6.07) is 15.5. The van der Waals surface area contributed by atoms with Crippen LogP contribution in [-0.4, -0.2) is 29.3 Å². The van der Waals surface area contributed by atoms with Crippen LogP contribution in [0.3, 0.4) is 0 Å². The number of nitrogens with one attached hydrogen (secondary N) is 2. The van der Waals surface area contributed by atoms with Gasteiger partial charge < -0.3 is 10.6 Å². The molecule has 0 aliphatic carbocycles. The van der Waals surface area contributed by atoms with Gasteiger partial charge in [-0.3, -0.25) is 14.5 Å². The number of anilines is 1. The van der Waals surface area contributed by atoms with Crippen LogP contribution < -0.4 is 10.6 Å². The summed E-state index contributed by atoms with van der Waals surface area (Å²) >= 11 is 6.05.